The molecule has 0 saturated carbocycles. The summed E-state index contributed by atoms with van der Waals surface area (Å²) >= 11 is 0. The maximum absolute atomic E-state index is 5.46. The monoisotopic (exact) mass is 253 g/mol. The van der Waals surface area contributed by atoms with Crippen molar-refractivity contribution >= 4 is 11.3 Å². The Morgan fingerprint density at radius 2 is 2.05 bits per heavy atom. The van der Waals surface area contributed by atoms with Gasteiger partial charge in [-0.3, -0.25) is 0 Å². The van der Waals surface area contributed by atoms with Gasteiger partial charge in [-0.05, 0) is 31.5 Å². The van der Waals surface area contributed by atoms with Crippen molar-refractivity contribution in [3.8, 4) is 11.3 Å². The smallest absolute Gasteiger partial charge is 0.166 e. The highest BCUT2D eigenvalue weighted by molar-refractivity contribution is 5.75. The number of nitrogens with one attached hydrogen (secondary N) is 1. The normalized spacial score (nSPS) is 10.9. The van der Waals surface area contributed by atoms with Gasteiger partial charge in [0.25, 0.3) is 0 Å². The van der Waals surface area contributed by atoms with Crippen LogP contribution in [-0.4, -0.2) is 14.6 Å². The van der Waals surface area contributed by atoms with Crippen LogP contribution in [0.5, 0.6) is 0 Å². The quantitative estimate of drug-likeness (QED) is 0.543. The fraction of sp³-hybridized carbons (Fsp3) is 0.143. The molecular formula is C14H15N5. The molecule has 0 radical (unpaired) electrons. The topological polar surface area (TPSA) is 68.2 Å². The van der Waals surface area contributed by atoms with Crippen molar-refractivity contribution in [3.05, 3.63) is 47.8 Å². The summed E-state index contributed by atoms with van der Waals surface area (Å²) < 4.78 is 1.78. The molecule has 5 heteroatoms. The predicted octanol–water partition coefficient (Wildman–Crippen LogP) is 2.30. The fourth-order valence-corrected chi connectivity index (χ4v) is 2.18. The summed E-state index contributed by atoms with van der Waals surface area (Å²) in [4.78, 5) is 4.18. The zero-order valence-electron chi connectivity index (χ0n) is 10.9. The first-order valence-electron chi connectivity index (χ1n) is 6.07. The number of hydrogen-bond donors (Lipinski definition) is 2. The fourth-order valence-electron chi connectivity index (χ4n) is 2.18. The highest BCUT2D eigenvalue weighted by Crippen LogP contribution is 2.26. The van der Waals surface area contributed by atoms with Crippen LogP contribution in [0.15, 0.2) is 36.7 Å². The lowest BCUT2D eigenvalue weighted by molar-refractivity contribution is 0.948. The molecule has 1 aromatic carbocycles. The number of hydrogen-bond acceptors (Lipinski definition) is 4. The van der Waals surface area contributed by atoms with E-state index in [0.29, 0.717) is 5.82 Å². The molecule has 0 spiro atoms. The minimum Gasteiger partial charge on any atom is -0.307 e. The van der Waals surface area contributed by atoms with Gasteiger partial charge in [0.05, 0.1) is 5.69 Å². The summed E-state index contributed by atoms with van der Waals surface area (Å²) in [6.45, 7) is 4.16. The Hall–Kier alpha value is -2.40. The second kappa shape index (κ2) is 4.37. The van der Waals surface area contributed by atoms with Crippen molar-refractivity contribution in [1.29, 1.82) is 0 Å². The molecule has 0 unspecified atom stereocenters. The molecule has 3 N–H and O–H groups in total. The Balaban J connectivity index is 2.23. The third-order valence-corrected chi connectivity index (χ3v) is 3.20. The number of anilines is 1. The van der Waals surface area contributed by atoms with Gasteiger partial charge >= 0.3 is 0 Å². The highest BCUT2D eigenvalue weighted by Gasteiger charge is 2.10. The van der Waals surface area contributed by atoms with Crippen LogP contribution in [0.2, 0.25) is 0 Å². The van der Waals surface area contributed by atoms with Gasteiger partial charge in [0.2, 0.25) is 0 Å². The van der Waals surface area contributed by atoms with E-state index in [-0.39, 0.29) is 0 Å². The summed E-state index contributed by atoms with van der Waals surface area (Å²) in [6, 6.07) is 8.34. The molecule has 0 atom stereocenters. The molecule has 0 bridgehead atoms. The van der Waals surface area contributed by atoms with Crippen LogP contribution >= 0.6 is 0 Å². The lowest BCUT2D eigenvalue weighted by atomic mass is 10.0. The average molecular weight is 253 g/mol. The number of nitrogens with zero attached hydrogens (tertiary/aromatic N) is 3. The maximum Gasteiger partial charge on any atom is 0.166 e. The first kappa shape index (κ1) is 11.7. The van der Waals surface area contributed by atoms with E-state index in [4.69, 9.17) is 5.84 Å². The number of hydrazine groups is 1. The van der Waals surface area contributed by atoms with E-state index in [1.807, 2.05) is 12.3 Å². The number of fused-ring (bicyclic) bond motifs is 1. The Labute approximate surface area is 111 Å². The van der Waals surface area contributed by atoms with Gasteiger partial charge in [-0.2, -0.15) is 5.10 Å². The van der Waals surface area contributed by atoms with Crippen molar-refractivity contribution in [2.24, 2.45) is 5.84 Å². The van der Waals surface area contributed by atoms with E-state index in [0.717, 1.165) is 16.8 Å². The summed E-state index contributed by atoms with van der Waals surface area (Å²) in [7, 11) is 0. The summed E-state index contributed by atoms with van der Waals surface area (Å²) in [5.74, 6) is 6.08. The van der Waals surface area contributed by atoms with Crippen LogP contribution in [0.3, 0.4) is 0 Å². The first-order chi connectivity index (χ1) is 9.19. The first-order valence-corrected chi connectivity index (χ1v) is 6.07. The molecule has 0 saturated heterocycles. The van der Waals surface area contributed by atoms with Crippen LogP contribution in [0.1, 0.15) is 11.1 Å². The minimum atomic E-state index is 0.617. The molecule has 96 valence electrons. The van der Waals surface area contributed by atoms with Crippen LogP contribution in [0.4, 0.5) is 5.82 Å². The van der Waals surface area contributed by atoms with Crippen molar-refractivity contribution < 1.29 is 0 Å². The largest absolute Gasteiger partial charge is 0.307 e. The zero-order chi connectivity index (χ0) is 13.4. The van der Waals surface area contributed by atoms with Gasteiger partial charge in [0.15, 0.2) is 5.82 Å². The lowest BCUT2D eigenvalue weighted by Crippen LogP contribution is -2.09. The third kappa shape index (κ3) is 1.94. The van der Waals surface area contributed by atoms with Gasteiger partial charge in [-0.15, -0.1) is 0 Å². The van der Waals surface area contributed by atoms with Crippen molar-refractivity contribution in [3.63, 3.8) is 0 Å². The molecule has 2 aromatic heterocycles. The Kier molecular flexibility index (Phi) is 2.68. The molecule has 0 aliphatic heterocycles. The Morgan fingerprint density at radius 3 is 2.84 bits per heavy atom. The van der Waals surface area contributed by atoms with Crippen LogP contribution in [0, 0.1) is 13.8 Å². The van der Waals surface area contributed by atoms with Crippen molar-refractivity contribution in [2.45, 2.75) is 13.8 Å². The SMILES string of the molecule is Cc1ccc(C)c(-c2cc3c(NN)nccn3n2)c1. The minimum absolute atomic E-state index is 0.617. The average Bonchev–Trinajstić information content (AvgIpc) is 2.85. The molecule has 0 aliphatic carbocycles. The van der Waals surface area contributed by atoms with Gasteiger partial charge < -0.3 is 5.43 Å². The summed E-state index contributed by atoms with van der Waals surface area (Å²) in [6.07, 6.45) is 3.48. The Morgan fingerprint density at radius 1 is 1.21 bits per heavy atom. The van der Waals surface area contributed by atoms with E-state index >= 15 is 0 Å². The van der Waals surface area contributed by atoms with Gasteiger partial charge in [-0.1, -0.05) is 17.7 Å². The molecule has 3 aromatic rings. The van der Waals surface area contributed by atoms with Crippen LogP contribution in [0.25, 0.3) is 16.8 Å². The van der Waals surface area contributed by atoms with Crippen LogP contribution in [-0.2, 0) is 0 Å². The number of nitrogen functional groups attached to an aromatic ring is 1. The van der Waals surface area contributed by atoms with Crippen LogP contribution < -0.4 is 11.3 Å². The van der Waals surface area contributed by atoms with E-state index in [2.05, 4.69) is 47.6 Å². The summed E-state index contributed by atoms with van der Waals surface area (Å²) in [5, 5.41) is 4.57. The number of rotatable bonds is 2. The van der Waals surface area contributed by atoms with Gasteiger partial charge in [0, 0.05) is 18.0 Å². The highest BCUT2D eigenvalue weighted by atomic mass is 15.3. The van der Waals surface area contributed by atoms with E-state index in [1.165, 1.54) is 11.1 Å². The molecule has 19 heavy (non-hydrogen) atoms. The molecule has 0 fully saturated rings. The van der Waals surface area contributed by atoms with Gasteiger partial charge in [0.1, 0.15) is 5.52 Å². The zero-order valence-corrected chi connectivity index (χ0v) is 10.9. The lowest BCUT2D eigenvalue weighted by Gasteiger charge is -2.03. The number of nitrogens with two attached hydrogens (primary N) is 1. The molecule has 5 nitrogen and oxygen atoms in total. The van der Waals surface area contributed by atoms with Gasteiger partial charge in [-0.25, -0.2) is 15.3 Å². The number of aromatic nitrogens is 3. The van der Waals surface area contributed by atoms with E-state index < -0.39 is 0 Å². The molecule has 3 rings (SSSR count). The number of aryl methyl sites for hydroxylation is 2. The second-order valence-corrected chi connectivity index (χ2v) is 4.60. The molecule has 2 heterocycles. The van der Waals surface area contributed by atoms with E-state index in [1.54, 1.807) is 10.7 Å². The molecule has 0 amide bonds. The summed E-state index contributed by atoms with van der Waals surface area (Å²) in [5.41, 5.74) is 7.92. The van der Waals surface area contributed by atoms with E-state index in [9.17, 15) is 0 Å². The second-order valence-electron chi connectivity index (χ2n) is 4.60. The maximum atomic E-state index is 5.46. The third-order valence-electron chi connectivity index (χ3n) is 3.20. The standard InChI is InChI=1S/C14H15N5/c1-9-3-4-10(2)11(7-9)12-8-13-14(17-15)16-5-6-19(13)18-12/h3-8H,15H2,1-2H3,(H,16,17). The Bertz CT molecular complexity index is 745. The predicted molar refractivity (Wildman–Crippen MR) is 75.7 cm³/mol. The molecular weight excluding hydrogens is 238 g/mol. The van der Waals surface area contributed by atoms with Crippen molar-refractivity contribution in [1.82, 2.24) is 14.6 Å². The molecule has 0 aliphatic rings. The van der Waals surface area contributed by atoms with Crippen molar-refractivity contribution in [2.75, 3.05) is 5.43 Å². The number of benzene rings is 1.